The second-order valence-electron chi connectivity index (χ2n) is 6.10. The Hall–Kier alpha value is -1.10. The fraction of sp³-hybridized carbons (Fsp3) is 0.571. The van der Waals surface area contributed by atoms with Crippen LogP contribution in [-0.4, -0.2) is 10.9 Å². The van der Waals surface area contributed by atoms with Crippen molar-refractivity contribution in [1.29, 1.82) is 0 Å². The summed E-state index contributed by atoms with van der Waals surface area (Å²) in [6.07, 6.45) is 5.60. The van der Waals surface area contributed by atoms with Crippen molar-refractivity contribution in [2.75, 3.05) is 11.1 Å². The summed E-state index contributed by atoms with van der Waals surface area (Å²) in [7, 11) is 0. The van der Waals surface area contributed by atoms with Crippen LogP contribution >= 0.6 is 15.9 Å². The summed E-state index contributed by atoms with van der Waals surface area (Å²) >= 11 is 3.39. The monoisotopic (exact) mass is 321 g/mol. The molecule has 0 aromatic carbocycles. The maximum Gasteiger partial charge on any atom is 0.229 e. The summed E-state index contributed by atoms with van der Waals surface area (Å²) in [5.41, 5.74) is 6.23. The van der Waals surface area contributed by atoms with Gasteiger partial charge < -0.3 is 11.1 Å². The van der Waals surface area contributed by atoms with Crippen LogP contribution in [0.15, 0.2) is 16.7 Å². The molecule has 4 rings (SSSR count). The van der Waals surface area contributed by atoms with E-state index in [2.05, 4.69) is 26.2 Å². The van der Waals surface area contributed by atoms with E-state index in [4.69, 9.17) is 5.73 Å². The largest absolute Gasteiger partial charge is 0.397 e. The van der Waals surface area contributed by atoms with E-state index in [0.717, 1.165) is 16.3 Å². The van der Waals surface area contributed by atoms with Gasteiger partial charge in [-0.3, -0.25) is 4.79 Å². The number of amides is 1. The van der Waals surface area contributed by atoms with Crippen molar-refractivity contribution in [1.82, 2.24) is 4.98 Å². The molecular weight excluding hydrogens is 306 g/mol. The number of carbonyl (C=O) groups excluding carboxylic acids is 1. The maximum atomic E-state index is 12.3. The van der Waals surface area contributed by atoms with Gasteiger partial charge in [0.1, 0.15) is 5.82 Å². The number of nitrogens with one attached hydrogen (secondary N) is 1. The molecule has 5 heteroatoms. The number of hydrogen-bond acceptors (Lipinski definition) is 3. The van der Waals surface area contributed by atoms with Gasteiger partial charge in [-0.1, -0.05) is 0 Å². The minimum absolute atomic E-state index is 0.143. The number of nitrogens with zero attached hydrogens (tertiary/aromatic N) is 1. The molecule has 0 aliphatic heterocycles. The molecule has 1 amide bonds. The fourth-order valence-corrected chi connectivity index (χ4v) is 4.89. The van der Waals surface area contributed by atoms with E-state index in [1.807, 2.05) is 0 Å². The van der Waals surface area contributed by atoms with Crippen LogP contribution in [0.2, 0.25) is 0 Å². The van der Waals surface area contributed by atoms with Crippen molar-refractivity contribution in [3.63, 3.8) is 0 Å². The number of rotatable bonds is 2. The molecule has 0 saturated heterocycles. The maximum absolute atomic E-state index is 12.3. The average Bonchev–Trinajstić information content (AvgIpc) is 2.82. The minimum Gasteiger partial charge on any atom is -0.397 e. The number of halogens is 1. The standard InChI is InChI=1S/C14H16BrN3O/c15-9-4-8(16)5-17-13(9)18-14(19)12-10-6-1-2-7(3-6)11(10)12/h4-7,10-12H,1-3,16H2,(H,17,18,19). The first kappa shape index (κ1) is 11.7. The number of anilines is 2. The third kappa shape index (κ3) is 1.71. The zero-order valence-electron chi connectivity index (χ0n) is 10.5. The Morgan fingerprint density at radius 3 is 2.68 bits per heavy atom. The van der Waals surface area contributed by atoms with Gasteiger partial charge in [0, 0.05) is 5.92 Å². The van der Waals surface area contributed by atoms with Crippen LogP contribution in [0.5, 0.6) is 0 Å². The molecular formula is C14H16BrN3O. The Kier molecular flexibility index (Phi) is 2.43. The van der Waals surface area contributed by atoms with Gasteiger partial charge in [0.05, 0.1) is 16.4 Å². The third-order valence-corrected chi connectivity index (χ3v) is 5.75. The van der Waals surface area contributed by atoms with Gasteiger partial charge in [0.2, 0.25) is 5.91 Å². The van der Waals surface area contributed by atoms with Gasteiger partial charge in [-0.2, -0.15) is 0 Å². The van der Waals surface area contributed by atoms with Crippen LogP contribution in [0.4, 0.5) is 11.5 Å². The van der Waals surface area contributed by atoms with E-state index in [0.29, 0.717) is 23.3 Å². The second-order valence-corrected chi connectivity index (χ2v) is 6.96. The van der Waals surface area contributed by atoms with Gasteiger partial charge in [-0.25, -0.2) is 4.98 Å². The normalized spacial score (nSPS) is 38.1. The van der Waals surface area contributed by atoms with E-state index < -0.39 is 0 Å². The number of aromatic nitrogens is 1. The van der Waals surface area contributed by atoms with E-state index in [1.54, 1.807) is 12.3 Å². The molecule has 3 aliphatic rings. The SMILES string of the molecule is Nc1cnc(NC(=O)C2C3C4CCC(C4)C23)c(Br)c1. The molecule has 19 heavy (non-hydrogen) atoms. The lowest BCUT2D eigenvalue weighted by Gasteiger charge is -2.10. The van der Waals surface area contributed by atoms with Crippen LogP contribution < -0.4 is 11.1 Å². The van der Waals surface area contributed by atoms with E-state index in [1.165, 1.54) is 19.3 Å². The Morgan fingerprint density at radius 2 is 2.05 bits per heavy atom. The number of carbonyl (C=O) groups is 1. The summed E-state index contributed by atoms with van der Waals surface area (Å²) in [4.78, 5) is 16.5. The van der Waals surface area contributed by atoms with E-state index in [9.17, 15) is 4.79 Å². The summed E-state index contributed by atoms with van der Waals surface area (Å²) in [5, 5.41) is 2.94. The van der Waals surface area contributed by atoms with Gasteiger partial charge in [-0.05, 0) is 64.9 Å². The molecule has 3 N–H and O–H groups in total. The van der Waals surface area contributed by atoms with Crippen molar-refractivity contribution in [2.24, 2.45) is 29.6 Å². The average molecular weight is 322 g/mol. The molecule has 1 aromatic heterocycles. The predicted octanol–water partition coefficient (Wildman–Crippen LogP) is 2.66. The molecule has 4 unspecified atom stereocenters. The summed E-state index contributed by atoms with van der Waals surface area (Å²) in [5.74, 6) is 3.90. The van der Waals surface area contributed by atoms with Gasteiger partial charge in [0.15, 0.2) is 0 Å². The number of hydrogen-bond donors (Lipinski definition) is 2. The number of fused-ring (bicyclic) bond motifs is 5. The molecule has 3 fully saturated rings. The van der Waals surface area contributed by atoms with Crippen molar-refractivity contribution >= 4 is 33.3 Å². The summed E-state index contributed by atoms with van der Waals surface area (Å²) in [6, 6.07) is 1.76. The van der Waals surface area contributed by atoms with Crippen molar-refractivity contribution < 1.29 is 4.79 Å². The van der Waals surface area contributed by atoms with Crippen molar-refractivity contribution in [3.8, 4) is 0 Å². The third-order valence-electron chi connectivity index (χ3n) is 5.14. The molecule has 4 atom stereocenters. The summed E-state index contributed by atoms with van der Waals surface area (Å²) in [6.45, 7) is 0. The first-order valence-corrected chi connectivity index (χ1v) is 7.66. The van der Waals surface area contributed by atoms with Gasteiger partial charge in [0.25, 0.3) is 0 Å². The highest BCUT2D eigenvalue weighted by atomic mass is 79.9. The first-order valence-electron chi connectivity index (χ1n) is 6.87. The van der Waals surface area contributed by atoms with Crippen molar-refractivity contribution in [2.45, 2.75) is 19.3 Å². The molecule has 2 bridgehead atoms. The van der Waals surface area contributed by atoms with Crippen LogP contribution in [0.1, 0.15) is 19.3 Å². The Morgan fingerprint density at radius 1 is 1.37 bits per heavy atom. The highest BCUT2D eigenvalue weighted by Gasteiger charge is 2.67. The molecule has 0 radical (unpaired) electrons. The molecule has 4 nitrogen and oxygen atoms in total. The quantitative estimate of drug-likeness (QED) is 0.879. The lowest BCUT2D eigenvalue weighted by molar-refractivity contribution is -0.118. The van der Waals surface area contributed by atoms with Crippen LogP contribution in [0.3, 0.4) is 0 Å². The fourth-order valence-electron chi connectivity index (χ4n) is 4.42. The number of nitrogen functional groups attached to an aromatic ring is 1. The lowest BCUT2D eigenvalue weighted by atomic mass is 10.0. The Labute approximate surface area is 120 Å². The van der Waals surface area contributed by atoms with Crippen molar-refractivity contribution in [3.05, 3.63) is 16.7 Å². The molecule has 0 spiro atoms. The minimum atomic E-state index is 0.143. The Balaban J connectivity index is 1.48. The highest BCUT2D eigenvalue weighted by molar-refractivity contribution is 9.10. The molecule has 1 aromatic rings. The smallest absolute Gasteiger partial charge is 0.229 e. The molecule has 3 aliphatic carbocycles. The predicted molar refractivity (Wildman–Crippen MR) is 76.3 cm³/mol. The molecule has 1 heterocycles. The van der Waals surface area contributed by atoms with E-state index in [-0.39, 0.29) is 11.8 Å². The van der Waals surface area contributed by atoms with Gasteiger partial charge in [-0.15, -0.1) is 0 Å². The van der Waals surface area contributed by atoms with E-state index >= 15 is 0 Å². The summed E-state index contributed by atoms with van der Waals surface area (Å²) < 4.78 is 0.745. The zero-order chi connectivity index (χ0) is 13.1. The second kappa shape index (κ2) is 3.95. The highest BCUT2D eigenvalue weighted by Crippen LogP contribution is 2.69. The molecule has 3 saturated carbocycles. The molecule has 100 valence electrons. The number of nitrogens with two attached hydrogens (primary N) is 1. The zero-order valence-corrected chi connectivity index (χ0v) is 12.1. The number of pyridine rings is 1. The van der Waals surface area contributed by atoms with Crippen LogP contribution in [0.25, 0.3) is 0 Å². The Bertz CT molecular complexity index is 546. The first-order chi connectivity index (χ1) is 9.15. The van der Waals surface area contributed by atoms with Crippen LogP contribution in [0, 0.1) is 29.6 Å². The lowest BCUT2D eigenvalue weighted by Crippen LogP contribution is -2.19. The van der Waals surface area contributed by atoms with Crippen LogP contribution in [-0.2, 0) is 4.79 Å². The topological polar surface area (TPSA) is 68.0 Å². The van der Waals surface area contributed by atoms with Gasteiger partial charge >= 0.3 is 0 Å².